The molecular formula is C21H17ClN2O4. The van der Waals surface area contributed by atoms with Crippen molar-refractivity contribution in [3.63, 3.8) is 0 Å². The first-order valence-electron chi connectivity index (χ1n) is 8.55. The number of rotatable bonds is 5. The highest BCUT2D eigenvalue weighted by molar-refractivity contribution is 6.32. The largest absolute Gasteiger partial charge is 0.495 e. The number of nitrogens with one attached hydrogen (secondary N) is 1. The Morgan fingerprint density at radius 2 is 2.11 bits per heavy atom. The molecule has 1 N–H and O–H groups in total. The third-order valence-electron chi connectivity index (χ3n) is 4.55. The molecule has 0 spiro atoms. The highest BCUT2D eigenvalue weighted by Gasteiger charge is 2.18. The number of ether oxygens (including phenoxy) is 2. The second-order valence-corrected chi connectivity index (χ2v) is 6.61. The Morgan fingerprint density at radius 3 is 2.82 bits per heavy atom. The minimum absolute atomic E-state index is 0.269. The Balaban J connectivity index is 1.87. The highest BCUT2D eigenvalue weighted by Crippen LogP contribution is 2.37. The smallest absolute Gasteiger partial charge is 0.356 e. The van der Waals surface area contributed by atoms with Gasteiger partial charge in [-0.05, 0) is 35.9 Å². The number of nitrogens with zero attached hydrogens (tertiary/aromatic N) is 1. The van der Waals surface area contributed by atoms with E-state index < -0.39 is 5.97 Å². The van der Waals surface area contributed by atoms with Gasteiger partial charge in [0.25, 0.3) is 0 Å². The van der Waals surface area contributed by atoms with Crippen LogP contribution in [0.15, 0.2) is 53.3 Å². The third-order valence-corrected chi connectivity index (χ3v) is 4.84. The van der Waals surface area contributed by atoms with E-state index in [0.717, 1.165) is 33.4 Å². The van der Waals surface area contributed by atoms with Crippen molar-refractivity contribution in [2.24, 2.45) is 0 Å². The highest BCUT2D eigenvalue weighted by atomic mass is 35.5. The first-order chi connectivity index (χ1) is 13.6. The van der Waals surface area contributed by atoms with E-state index in [1.807, 2.05) is 24.3 Å². The fraction of sp³-hybridized carbons (Fsp3) is 0.143. The number of hydrogen-bond acceptors (Lipinski definition) is 5. The zero-order chi connectivity index (χ0) is 19.7. The van der Waals surface area contributed by atoms with Crippen LogP contribution in [0.3, 0.4) is 0 Å². The maximum atomic E-state index is 11.8. The summed E-state index contributed by atoms with van der Waals surface area (Å²) in [7, 11) is 2.92. The van der Waals surface area contributed by atoms with Crippen LogP contribution in [0.4, 0.5) is 0 Å². The number of aromatic nitrogens is 2. The van der Waals surface area contributed by atoms with Gasteiger partial charge < -0.3 is 18.9 Å². The third kappa shape index (κ3) is 3.23. The van der Waals surface area contributed by atoms with Crippen molar-refractivity contribution in [3.05, 3.63) is 70.9 Å². The first kappa shape index (κ1) is 18.1. The summed E-state index contributed by atoms with van der Waals surface area (Å²) < 4.78 is 15.4. The zero-order valence-corrected chi connectivity index (χ0v) is 16.0. The van der Waals surface area contributed by atoms with Crippen molar-refractivity contribution in [2.45, 2.75) is 6.42 Å². The van der Waals surface area contributed by atoms with E-state index in [1.54, 1.807) is 31.8 Å². The molecule has 3 aromatic heterocycles. The molecule has 4 aromatic rings. The fourth-order valence-electron chi connectivity index (χ4n) is 3.22. The molecule has 142 valence electrons. The lowest BCUT2D eigenvalue weighted by molar-refractivity contribution is 0.0593. The Morgan fingerprint density at radius 1 is 1.25 bits per heavy atom. The molecule has 4 rings (SSSR count). The zero-order valence-electron chi connectivity index (χ0n) is 15.3. The quantitative estimate of drug-likeness (QED) is 0.487. The molecule has 0 aliphatic heterocycles. The van der Waals surface area contributed by atoms with Crippen molar-refractivity contribution >= 4 is 28.5 Å². The van der Waals surface area contributed by atoms with Gasteiger partial charge in [-0.15, -0.1) is 0 Å². The number of hydrogen-bond donors (Lipinski definition) is 1. The summed E-state index contributed by atoms with van der Waals surface area (Å²) in [4.78, 5) is 19.7. The van der Waals surface area contributed by atoms with Gasteiger partial charge in [0.2, 0.25) is 0 Å². The van der Waals surface area contributed by atoms with Crippen LogP contribution in [0, 0.1) is 0 Å². The number of furan rings is 1. The number of esters is 1. The van der Waals surface area contributed by atoms with Crippen LogP contribution in [0.5, 0.6) is 5.75 Å². The second-order valence-electron chi connectivity index (χ2n) is 6.21. The van der Waals surface area contributed by atoms with E-state index in [4.69, 9.17) is 25.5 Å². The Hall–Kier alpha value is -3.25. The van der Waals surface area contributed by atoms with Gasteiger partial charge in [0.15, 0.2) is 0 Å². The molecule has 3 heterocycles. The predicted octanol–water partition coefficient (Wildman–Crippen LogP) is 4.86. The van der Waals surface area contributed by atoms with E-state index in [-0.39, 0.29) is 5.69 Å². The molecule has 0 atom stereocenters. The molecule has 0 saturated carbocycles. The van der Waals surface area contributed by atoms with Crippen LogP contribution in [0.25, 0.3) is 22.2 Å². The molecule has 0 radical (unpaired) electrons. The number of carbonyl (C=O) groups is 1. The SMILES string of the molecule is COC(=O)c1cccc(Cc2c(-c3ccoc3)[nH]c3cc(Cl)c(OC)cc23)n1. The Bertz CT molecular complexity index is 1150. The molecule has 0 fully saturated rings. The minimum atomic E-state index is -0.468. The fourth-order valence-corrected chi connectivity index (χ4v) is 3.46. The maximum absolute atomic E-state index is 11.8. The molecule has 6 nitrogen and oxygen atoms in total. The van der Waals surface area contributed by atoms with Crippen LogP contribution in [0.2, 0.25) is 5.02 Å². The molecule has 0 bridgehead atoms. The Labute approximate surface area is 166 Å². The van der Waals surface area contributed by atoms with Crippen molar-refractivity contribution in [1.29, 1.82) is 0 Å². The molecule has 1 aromatic carbocycles. The summed E-state index contributed by atoms with van der Waals surface area (Å²) in [5.74, 6) is 0.119. The lowest BCUT2D eigenvalue weighted by Gasteiger charge is -2.07. The van der Waals surface area contributed by atoms with Crippen LogP contribution in [0.1, 0.15) is 21.7 Å². The van der Waals surface area contributed by atoms with E-state index in [9.17, 15) is 4.79 Å². The lowest BCUT2D eigenvalue weighted by atomic mass is 10.0. The van der Waals surface area contributed by atoms with Crippen molar-refractivity contribution in [3.8, 4) is 17.0 Å². The van der Waals surface area contributed by atoms with Gasteiger partial charge in [-0.3, -0.25) is 0 Å². The predicted molar refractivity (Wildman–Crippen MR) is 106 cm³/mol. The van der Waals surface area contributed by atoms with Crippen LogP contribution < -0.4 is 4.74 Å². The van der Waals surface area contributed by atoms with Gasteiger partial charge in [-0.1, -0.05) is 17.7 Å². The van der Waals surface area contributed by atoms with E-state index >= 15 is 0 Å². The molecule has 0 aliphatic carbocycles. The standard InChI is InChI=1S/C21H17ClN2O4/c1-26-19-9-14-15(8-13-4-3-5-17(23-13)21(25)27-2)20(12-6-7-28-11-12)24-18(14)10-16(19)22/h3-7,9-11,24H,8H2,1-2H3. The summed E-state index contributed by atoms with van der Waals surface area (Å²) >= 11 is 6.29. The number of halogens is 1. The average molecular weight is 397 g/mol. The second kappa shape index (κ2) is 7.40. The topological polar surface area (TPSA) is 77.3 Å². The summed E-state index contributed by atoms with van der Waals surface area (Å²) in [6, 6.07) is 10.9. The monoisotopic (exact) mass is 396 g/mol. The average Bonchev–Trinajstić information content (AvgIpc) is 3.35. The van der Waals surface area contributed by atoms with E-state index in [0.29, 0.717) is 17.2 Å². The molecule has 0 amide bonds. The van der Waals surface area contributed by atoms with Gasteiger partial charge in [-0.2, -0.15) is 0 Å². The van der Waals surface area contributed by atoms with Crippen molar-refractivity contribution in [2.75, 3.05) is 14.2 Å². The van der Waals surface area contributed by atoms with Gasteiger partial charge >= 0.3 is 5.97 Å². The molecular weight excluding hydrogens is 380 g/mol. The summed E-state index contributed by atoms with van der Waals surface area (Å²) in [5.41, 5.74) is 4.69. The number of fused-ring (bicyclic) bond motifs is 1. The molecule has 28 heavy (non-hydrogen) atoms. The van der Waals surface area contributed by atoms with Gasteiger partial charge in [0.05, 0.1) is 37.5 Å². The van der Waals surface area contributed by atoms with Crippen LogP contribution >= 0.6 is 11.6 Å². The van der Waals surface area contributed by atoms with E-state index in [2.05, 4.69) is 9.97 Å². The number of aromatic amines is 1. The van der Waals surface area contributed by atoms with E-state index in [1.165, 1.54) is 7.11 Å². The number of carbonyl (C=O) groups excluding carboxylic acids is 1. The van der Waals surface area contributed by atoms with Gasteiger partial charge in [0, 0.05) is 28.6 Å². The number of pyridine rings is 1. The molecule has 0 unspecified atom stereocenters. The summed E-state index contributed by atoms with van der Waals surface area (Å²) in [6.07, 6.45) is 3.79. The first-order valence-corrected chi connectivity index (χ1v) is 8.93. The number of H-pyrrole nitrogens is 1. The number of methoxy groups -OCH3 is 2. The minimum Gasteiger partial charge on any atom is -0.495 e. The molecule has 0 aliphatic rings. The van der Waals surface area contributed by atoms with Crippen molar-refractivity contribution < 1.29 is 18.7 Å². The summed E-state index contributed by atoms with van der Waals surface area (Å²) in [5, 5.41) is 1.48. The normalized spacial score (nSPS) is 11.0. The molecule has 7 heteroatoms. The lowest BCUT2D eigenvalue weighted by Crippen LogP contribution is -2.06. The summed E-state index contributed by atoms with van der Waals surface area (Å²) in [6.45, 7) is 0. The molecule has 0 saturated heterocycles. The maximum Gasteiger partial charge on any atom is 0.356 e. The number of benzene rings is 1. The Kier molecular flexibility index (Phi) is 4.79. The van der Waals surface area contributed by atoms with Gasteiger partial charge in [0.1, 0.15) is 11.4 Å². The van der Waals surface area contributed by atoms with Crippen molar-refractivity contribution in [1.82, 2.24) is 9.97 Å². The van der Waals surface area contributed by atoms with Crippen LogP contribution in [-0.4, -0.2) is 30.2 Å². The van der Waals surface area contributed by atoms with Crippen LogP contribution in [-0.2, 0) is 11.2 Å². The van der Waals surface area contributed by atoms with Gasteiger partial charge in [-0.25, -0.2) is 9.78 Å².